The van der Waals surface area contributed by atoms with Crippen LogP contribution in [0.1, 0.15) is 26.7 Å². The second kappa shape index (κ2) is 7.51. The molecule has 0 spiro atoms. The first-order valence-electron chi connectivity index (χ1n) is 6.33. The Kier molecular flexibility index (Phi) is 6.32. The van der Waals surface area contributed by atoms with Gasteiger partial charge in [0.2, 0.25) is 0 Å². The van der Waals surface area contributed by atoms with E-state index >= 15 is 0 Å². The van der Waals surface area contributed by atoms with Crippen molar-refractivity contribution in [2.75, 3.05) is 18.1 Å². The van der Waals surface area contributed by atoms with Gasteiger partial charge in [0, 0.05) is 12.6 Å². The maximum atomic E-state index is 11.7. The predicted octanol–water partition coefficient (Wildman–Crippen LogP) is 1.54. The number of nitrogens with one attached hydrogen (secondary N) is 2. The van der Waals surface area contributed by atoms with Gasteiger partial charge in [0.05, 0.1) is 6.42 Å². The summed E-state index contributed by atoms with van der Waals surface area (Å²) in [6.45, 7) is 4.49. The summed E-state index contributed by atoms with van der Waals surface area (Å²) < 4.78 is 0. The standard InChI is InChI=1S/C12H22N2O3S/c1-8(2)10(5-11(15)16)14-12(17)13-6-9-3-4-18-7-9/h8-10H,3-7H2,1-2H3,(H,15,16)(H2,13,14,17). The minimum Gasteiger partial charge on any atom is -0.481 e. The van der Waals surface area contributed by atoms with Gasteiger partial charge < -0.3 is 15.7 Å². The Balaban J connectivity index is 2.28. The number of hydrogen-bond acceptors (Lipinski definition) is 3. The molecule has 5 nitrogen and oxygen atoms in total. The van der Waals surface area contributed by atoms with Crippen LogP contribution in [0.2, 0.25) is 0 Å². The van der Waals surface area contributed by atoms with Crippen molar-refractivity contribution in [3.05, 3.63) is 0 Å². The van der Waals surface area contributed by atoms with Crippen molar-refractivity contribution in [1.82, 2.24) is 10.6 Å². The van der Waals surface area contributed by atoms with Crippen LogP contribution in [0.5, 0.6) is 0 Å². The van der Waals surface area contributed by atoms with Gasteiger partial charge in [-0.05, 0) is 29.8 Å². The van der Waals surface area contributed by atoms with Crippen molar-refractivity contribution in [2.24, 2.45) is 11.8 Å². The minimum absolute atomic E-state index is 0.0373. The summed E-state index contributed by atoms with van der Waals surface area (Å²) in [5.74, 6) is 2.04. The Morgan fingerprint density at radius 1 is 1.44 bits per heavy atom. The average Bonchev–Trinajstić information content (AvgIpc) is 2.77. The fourth-order valence-electron chi connectivity index (χ4n) is 1.84. The summed E-state index contributed by atoms with van der Waals surface area (Å²) in [7, 11) is 0. The molecule has 0 aliphatic carbocycles. The quantitative estimate of drug-likeness (QED) is 0.686. The molecule has 1 rings (SSSR count). The van der Waals surface area contributed by atoms with E-state index in [1.807, 2.05) is 25.6 Å². The fourth-order valence-corrected chi connectivity index (χ4v) is 3.13. The van der Waals surface area contributed by atoms with Gasteiger partial charge >= 0.3 is 12.0 Å². The highest BCUT2D eigenvalue weighted by Crippen LogP contribution is 2.22. The van der Waals surface area contributed by atoms with Crippen LogP contribution >= 0.6 is 11.8 Å². The number of thioether (sulfide) groups is 1. The molecular weight excluding hydrogens is 252 g/mol. The van der Waals surface area contributed by atoms with Gasteiger partial charge in [-0.1, -0.05) is 13.8 Å². The summed E-state index contributed by atoms with van der Waals surface area (Å²) in [4.78, 5) is 22.4. The van der Waals surface area contributed by atoms with Gasteiger partial charge in [-0.25, -0.2) is 4.79 Å². The molecule has 104 valence electrons. The predicted molar refractivity (Wildman–Crippen MR) is 72.8 cm³/mol. The smallest absolute Gasteiger partial charge is 0.315 e. The lowest BCUT2D eigenvalue weighted by Crippen LogP contribution is -2.46. The second-order valence-corrected chi connectivity index (χ2v) is 6.18. The van der Waals surface area contributed by atoms with Gasteiger partial charge in [0.25, 0.3) is 0 Å². The number of urea groups is 1. The normalized spacial score (nSPS) is 20.7. The van der Waals surface area contributed by atoms with E-state index in [-0.39, 0.29) is 24.4 Å². The Hall–Kier alpha value is -0.910. The molecule has 2 unspecified atom stereocenters. The van der Waals surface area contributed by atoms with Crippen LogP contribution in [0.25, 0.3) is 0 Å². The average molecular weight is 274 g/mol. The zero-order valence-corrected chi connectivity index (χ0v) is 11.8. The zero-order chi connectivity index (χ0) is 13.5. The Labute approximate surface area is 112 Å². The number of amides is 2. The molecule has 0 radical (unpaired) electrons. The topological polar surface area (TPSA) is 78.4 Å². The van der Waals surface area contributed by atoms with Crippen molar-refractivity contribution in [3.63, 3.8) is 0 Å². The van der Waals surface area contributed by atoms with E-state index in [0.717, 1.165) is 12.2 Å². The molecule has 1 fully saturated rings. The number of aliphatic carboxylic acids is 1. The molecule has 18 heavy (non-hydrogen) atoms. The number of hydrogen-bond donors (Lipinski definition) is 3. The van der Waals surface area contributed by atoms with E-state index in [9.17, 15) is 9.59 Å². The number of rotatable bonds is 6. The van der Waals surface area contributed by atoms with Gasteiger partial charge in [0.1, 0.15) is 0 Å². The van der Waals surface area contributed by atoms with Crippen LogP contribution in [0, 0.1) is 11.8 Å². The molecule has 6 heteroatoms. The molecular formula is C12H22N2O3S. The third-order valence-corrected chi connectivity index (χ3v) is 4.32. The molecule has 2 atom stereocenters. The summed E-state index contributed by atoms with van der Waals surface area (Å²) in [6.07, 6.45) is 1.11. The van der Waals surface area contributed by atoms with Gasteiger partial charge in [-0.2, -0.15) is 11.8 Å². The van der Waals surface area contributed by atoms with Gasteiger partial charge in [-0.3, -0.25) is 4.79 Å². The largest absolute Gasteiger partial charge is 0.481 e. The number of carboxylic acid groups (broad SMARTS) is 1. The zero-order valence-electron chi connectivity index (χ0n) is 10.9. The summed E-state index contributed by atoms with van der Waals surface area (Å²) >= 11 is 1.91. The first kappa shape index (κ1) is 15.1. The van der Waals surface area contributed by atoms with E-state index in [4.69, 9.17) is 5.11 Å². The lowest BCUT2D eigenvalue weighted by molar-refractivity contribution is -0.137. The molecule has 0 aromatic heterocycles. The van der Waals surface area contributed by atoms with Gasteiger partial charge in [-0.15, -0.1) is 0 Å². The molecule has 0 aromatic carbocycles. The van der Waals surface area contributed by atoms with E-state index < -0.39 is 5.97 Å². The van der Waals surface area contributed by atoms with Crippen molar-refractivity contribution in [3.8, 4) is 0 Å². The molecule has 2 amide bonds. The van der Waals surface area contributed by atoms with Crippen LogP contribution in [-0.4, -0.2) is 41.2 Å². The molecule has 0 saturated carbocycles. The van der Waals surface area contributed by atoms with Gasteiger partial charge in [0.15, 0.2) is 0 Å². The summed E-state index contributed by atoms with van der Waals surface area (Å²) in [6, 6.07) is -0.577. The molecule has 0 aromatic rings. The van der Waals surface area contributed by atoms with Crippen LogP contribution in [0.15, 0.2) is 0 Å². The Morgan fingerprint density at radius 3 is 2.67 bits per heavy atom. The third kappa shape index (κ3) is 5.62. The van der Waals surface area contributed by atoms with Crippen molar-refractivity contribution < 1.29 is 14.7 Å². The first-order chi connectivity index (χ1) is 8.49. The lowest BCUT2D eigenvalue weighted by atomic mass is 10.0. The first-order valence-corrected chi connectivity index (χ1v) is 7.48. The van der Waals surface area contributed by atoms with Crippen LogP contribution in [0.4, 0.5) is 4.79 Å². The highest BCUT2D eigenvalue weighted by molar-refractivity contribution is 7.99. The number of carboxylic acids is 1. The molecule has 0 bridgehead atoms. The molecule has 1 aliphatic rings. The van der Waals surface area contributed by atoms with Crippen LogP contribution in [-0.2, 0) is 4.79 Å². The summed E-state index contributed by atoms with van der Waals surface area (Å²) in [5.41, 5.74) is 0. The molecule has 1 heterocycles. The number of carbonyl (C=O) groups excluding carboxylic acids is 1. The van der Waals surface area contributed by atoms with E-state index in [1.165, 1.54) is 5.75 Å². The van der Waals surface area contributed by atoms with E-state index in [0.29, 0.717) is 12.5 Å². The summed E-state index contributed by atoms with van der Waals surface area (Å²) in [5, 5.41) is 14.3. The van der Waals surface area contributed by atoms with Crippen LogP contribution in [0.3, 0.4) is 0 Å². The third-order valence-electron chi connectivity index (χ3n) is 3.09. The lowest BCUT2D eigenvalue weighted by Gasteiger charge is -2.21. The van der Waals surface area contributed by atoms with Crippen LogP contribution < -0.4 is 10.6 Å². The number of carbonyl (C=O) groups is 2. The SMILES string of the molecule is CC(C)C(CC(=O)O)NC(=O)NCC1CCSC1. The maximum absolute atomic E-state index is 11.7. The minimum atomic E-state index is -0.888. The maximum Gasteiger partial charge on any atom is 0.315 e. The monoisotopic (exact) mass is 274 g/mol. The van der Waals surface area contributed by atoms with E-state index in [1.54, 1.807) is 0 Å². The van der Waals surface area contributed by atoms with Crippen molar-refractivity contribution >= 4 is 23.8 Å². The Morgan fingerprint density at radius 2 is 2.17 bits per heavy atom. The molecule has 1 aliphatic heterocycles. The van der Waals surface area contributed by atoms with E-state index in [2.05, 4.69) is 10.6 Å². The highest BCUT2D eigenvalue weighted by atomic mass is 32.2. The molecule has 3 N–H and O–H groups in total. The van der Waals surface area contributed by atoms with Crippen molar-refractivity contribution in [2.45, 2.75) is 32.7 Å². The highest BCUT2D eigenvalue weighted by Gasteiger charge is 2.20. The Bertz CT molecular complexity index is 291. The van der Waals surface area contributed by atoms with Crippen molar-refractivity contribution in [1.29, 1.82) is 0 Å². The second-order valence-electron chi connectivity index (χ2n) is 5.03. The fraction of sp³-hybridized carbons (Fsp3) is 0.833. The molecule has 1 saturated heterocycles.